The van der Waals surface area contributed by atoms with Crippen molar-refractivity contribution in [3.63, 3.8) is 0 Å². The molecular weight excluding hydrogens is 258 g/mol. The van der Waals surface area contributed by atoms with Crippen molar-refractivity contribution in [2.24, 2.45) is 5.73 Å². The molecule has 0 fully saturated rings. The fraction of sp³-hybridized carbons (Fsp3) is 0.571. The highest BCUT2D eigenvalue weighted by Gasteiger charge is 2.54. The molecule has 0 saturated carbocycles. The number of quaternary nitrogens is 1. The Hall–Kier alpha value is -1.82. The summed E-state index contributed by atoms with van der Waals surface area (Å²) >= 11 is 0. The summed E-state index contributed by atoms with van der Waals surface area (Å²) in [4.78, 5) is 24.6. The average molecular weight is 280 g/mol. The van der Waals surface area contributed by atoms with Crippen molar-refractivity contribution in [3.8, 4) is 0 Å². The van der Waals surface area contributed by atoms with Gasteiger partial charge in [0.2, 0.25) is 0 Å². The standard InChI is InChI=1S/C14H21N3O3/c1-10-11-6-5-7-16(11)8-9-17(10,12(15)18)13(19)20-14(2,3)4/h5-7,10H,8-9H2,1-4H3,(H-,15,18)/p+1. The fourth-order valence-electron chi connectivity index (χ4n) is 2.68. The van der Waals surface area contributed by atoms with Crippen LogP contribution in [0.25, 0.3) is 0 Å². The Kier molecular flexibility index (Phi) is 3.37. The Labute approximate surface area is 118 Å². The molecule has 0 aromatic carbocycles. The van der Waals surface area contributed by atoms with Gasteiger partial charge in [0.25, 0.3) is 0 Å². The molecular formula is C14H22N3O3+. The molecule has 2 rings (SSSR count). The number of hydrogen-bond acceptors (Lipinski definition) is 3. The molecule has 2 heterocycles. The average Bonchev–Trinajstić information content (AvgIpc) is 2.75. The number of imide groups is 1. The monoisotopic (exact) mass is 280 g/mol. The highest BCUT2D eigenvalue weighted by molar-refractivity contribution is 5.79. The highest BCUT2D eigenvalue weighted by atomic mass is 16.6. The zero-order chi connectivity index (χ0) is 15.1. The Morgan fingerprint density at radius 1 is 1.45 bits per heavy atom. The lowest BCUT2D eigenvalue weighted by molar-refractivity contribution is -0.814. The number of carbonyl (C=O) groups is 2. The maximum absolute atomic E-state index is 12.6. The number of rotatable bonds is 0. The summed E-state index contributed by atoms with van der Waals surface area (Å²) in [6, 6.07) is 2.79. The number of urea groups is 1. The quantitative estimate of drug-likeness (QED) is 0.741. The molecule has 0 spiro atoms. The summed E-state index contributed by atoms with van der Waals surface area (Å²) in [7, 11) is 0. The van der Waals surface area contributed by atoms with Crippen LogP contribution in [0.5, 0.6) is 0 Å². The lowest BCUT2D eigenvalue weighted by Crippen LogP contribution is -2.64. The maximum Gasteiger partial charge on any atom is 0.526 e. The molecule has 3 amide bonds. The third-order valence-corrected chi connectivity index (χ3v) is 3.76. The van der Waals surface area contributed by atoms with E-state index in [-0.39, 0.29) is 6.04 Å². The number of primary amides is 1. The van der Waals surface area contributed by atoms with E-state index in [9.17, 15) is 9.59 Å². The smallest absolute Gasteiger partial charge is 0.414 e. The summed E-state index contributed by atoms with van der Waals surface area (Å²) in [5.41, 5.74) is 5.82. The number of carbonyl (C=O) groups excluding carboxylic acids is 2. The first kappa shape index (κ1) is 14.6. The van der Waals surface area contributed by atoms with Gasteiger partial charge in [-0.2, -0.15) is 4.79 Å². The van der Waals surface area contributed by atoms with Crippen molar-refractivity contribution in [1.82, 2.24) is 4.57 Å². The molecule has 0 bridgehead atoms. The van der Waals surface area contributed by atoms with Crippen LogP contribution in [0.15, 0.2) is 18.3 Å². The molecule has 0 aliphatic carbocycles. The first-order valence-electron chi connectivity index (χ1n) is 6.75. The second-order valence-electron chi connectivity index (χ2n) is 6.21. The topological polar surface area (TPSA) is 74.3 Å². The van der Waals surface area contributed by atoms with Crippen LogP contribution < -0.4 is 5.73 Å². The molecule has 2 atom stereocenters. The Morgan fingerprint density at radius 2 is 2.10 bits per heavy atom. The zero-order valence-corrected chi connectivity index (χ0v) is 12.4. The first-order valence-corrected chi connectivity index (χ1v) is 6.75. The van der Waals surface area contributed by atoms with Gasteiger partial charge in [0, 0.05) is 6.20 Å². The number of hydrogen-bond donors (Lipinski definition) is 1. The van der Waals surface area contributed by atoms with E-state index in [1.165, 1.54) is 0 Å². The van der Waals surface area contributed by atoms with Gasteiger partial charge in [-0.3, -0.25) is 0 Å². The molecule has 1 aromatic rings. The minimum absolute atomic E-state index is 0.313. The highest BCUT2D eigenvalue weighted by Crippen LogP contribution is 2.35. The van der Waals surface area contributed by atoms with Crippen LogP contribution in [0.3, 0.4) is 0 Å². The van der Waals surface area contributed by atoms with Gasteiger partial charge in [-0.1, -0.05) is 0 Å². The van der Waals surface area contributed by atoms with E-state index in [4.69, 9.17) is 10.5 Å². The van der Waals surface area contributed by atoms with Crippen molar-refractivity contribution >= 4 is 12.1 Å². The third-order valence-electron chi connectivity index (χ3n) is 3.76. The van der Waals surface area contributed by atoms with Crippen LogP contribution in [0.4, 0.5) is 9.59 Å². The molecule has 0 radical (unpaired) electrons. The number of nitrogens with two attached hydrogens (primary N) is 1. The largest absolute Gasteiger partial charge is 0.526 e. The summed E-state index contributed by atoms with van der Waals surface area (Å²) < 4.78 is 6.98. The number of ether oxygens (including phenoxy) is 1. The molecule has 110 valence electrons. The molecule has 6 heteroatoms. The van der Waals surface area contributed by atoms with Gasteiger partial charge < -0.3 is 15.0 Å². The van der Waals surface area contributed by atoms with Crippen molar-refractivity contribution in [2.75, 3.05) is 6.54 Å². The van der Waals surface area contributed by atoms with E-state index in [0.717, 1.165) is 5.69 Å². The van der Waals surface area contributed by atoms with Crippen molar-refractivity contribution < 1.29 is 18.8 Å². The Bertz CT molecular complexity index is 544. The summed E-state index contributed by atoms with van der Waals surface area (Å²) in [6.45, 7) is 8.04. The molecule has 1 aliphatic heterocycles. The van der Waals surface area contributed by atoms with Crippen LogP contribution in [0.1, 0.15) is 39.4 Å². The molecule has 2 N–H and O–H groups in total. The van der Waals surface area contributed by atoms with Crippen molar-refractivity contribution in [3.05, 3.63) is 24.0 Å². The van der Waals surface area contributed by atoms with Gasteiger partial charge in [-0.15, -0.1) is 4.48 Å². The van der Waals surface area contributed by atoms with Gasteiger partial charge in [-0.25, -0.2) is 4.79 Å². The number of aromatic nitrogens is 1. The van der Waals surface area contributed by atoms with E-state index in [1.54, 1.807) is 20.8 Å². The summed E-state index contributed by atoms with van der Waals surface area (Å²) in [6.07, 6.45) is 1.36. The van der Waals surface area contributed by atoms with Gasteiger partial charge in [0.05, 0.1) is 12.2 Å². The predicted molar refractivity (Wildman–Crippen MR) is 73.8 cm³/mol. The lowest BCUT2D eigenvalue weighted by Gasteiger charge is -2.40. The van der Waals surface area contributed by atoms with Gasteiger partial charge in [-0.05, 0) is 39.8 Å². The molecule has 1 aromatic heterocycles. The van der Waals surface area contributed by atoms with E-state index in [2.05, 4.69) is 0 Å². The van der Waals surface area contributed by atoms with E-state index in [0.29, 0.717) is 13.1 Å². The van der Waals surface area contributed by atoms with Gasteiger partial charge in [0.1, 0.15) is 18.2 Å². The second kappa shape index (κ2) is 4.63. The second-order valence-corrected chi connectivity index (χ2v) is 6.21. The minimum Gasteiger partial charge on any atom is -0.414 e. The fourth-order valence-corrected chi connectivity index (χ4v) is 2.68. The maximum atomic E-state index is 12.6. The van der Waals surface area contributed by atoms with Crippen LogP contribution in [-0.2, 0) is 11.3 Å². The minimum atomic E-state index is -0.667. The van der Waals surface area contributed by atoms with Crippen LogP contribution in [0.2, 0.25) is 0 Å². The zero-order valence-electron chi connectivity index (χ0n) is 12.4. The lowest BCUT2D eigenvalue weighted by atomic mass is 10.1. The first-order chi connectivity index (χ1) is 9.18. The van der Waals surface area contributed by atoms with E-state index in [1.807, 2.05) is 29.8 Å². The van der Waals surface area contributed by atoms with E-state index < -0.39 is 22.2 Å². The third kappa shape index (κ3) is 2.20. The van der Waals surface area contributed by atoms with Crippen LogP contribution >= 0.6 is 0 Å². The predicted octanol–water partition coefficient (Wildman–Crippen LogP) is 2.39. The summed E-state index contributed by atoms with van der Waals surface area (Å²) in [5.74, 6) is 0. The number of fused-ring (bicyclic) bond motifs is 1. The van der Waals surface area contributed by atoms with Crippen molar-refractivity contribution in [1.29, 1.82) is 0 Å². The van der Waals surface area contributed by atoms with Crippen LogP contribution in [-0.4, -0.2) is 33.3 Å². The SMILES string of the molecule is CC1c2cccn2CC[N+]1(C(N)=O)C(=O)OC(C)(C)C. The van der Waals surface area contributed by atoms with E-state index >= 15 is 0 Å². The molecule has 0 saturated heterocycles. The normalized spacial score (nSPS) is 25.9. The molecule has 2 unspecified atom stereocenters. The number of amides is 3. The Morgan fingerprint density at radius 3 is 2.65 bits per heavy atom. The van der Waals surface area contributed by atoms with Gasteiger partial charge in [0.15, 0.2) is 0 Å². The number of nitrogens with zero attached hydrogens (tertiary/aromatic N) is 2. The van der Waals surface area contributed by atoms with Crippen LogP contribution in [0, 0.1) is 0 Å². The van der Waals surface area contributed by atoms with Gasteiger partial charge >= 0.3 is 12.1 Å². The van der Waals surface area contributed by atoms with Crippen molar-refractivity contribution in [2.45, 2.75) is 45.9 Å². The molecule has 20 heavy (non-hydrogen) atoms. The Balaban J connectivity index is 2.42. The summed E-state index contributed by atoms with van der Waals surface area (Å²) in [5, 5.41) is 0. The molecule has 6 nitrogen and oxygen atoms in total. The molecule has 1 aliphatic rings.